The number of hydrogen-bond donors (Lipinski definition) is 2. The molecule has 6 heteroatoms. The molecule has 0 amide bonds. The standard InChI is InChI=1S/C17H21N3O2S/c1-12-8-9-18-16(10-12)20-17(23)19-13(2)11-22-15-7-5-4-6-14(15)21-3/h4-10,13H,11H2,1-3H3,(H2,18,19,20,23). The molecule has 1 aromatic heterocycles. The van der Waals surface area contributed by atoms with E-state index in [0.717, 1.165) is 11.4 Å². The zero-order valence-electron chi connectivity index (χ0n) is 13.5. The van der Waals surface area contributed by atoms with Gasteiger partial charge in [0.05, 0.1) is 13.2 Å². The Bertz CT molecular complexity index is 664. The monoisotopic (exact) mass is 331 g/mol. The topological polar surface area (TPSA) is 55.4 Å². The van der Waals surface area contributed by atoms with Crippen molar-refractivity contribution in [2.75, 3.05) is 19.0 Å². The molecule has 0 aliphatic rings. The number of aromatic nitrogens is 1. The van der Waals surface area contributed by atoms with Crippen molar-refractivity contribution in [2.45, 2.75) is 19.9 Å². The highest BCUT2D eigenvalue weighted by atomic mass is 32.1. The summed E-state index contributed by atoms with van der Waals surface area (Å²) < 4.78 is 11.0. The molecule has 0 saturated heterocycles. The van der Waals surface area contributed by atoms with Gasteiger partial charge in [-0.2, -0.15) is 0 Å². The van der Waals surface area contributed by atoms with Crippen LogP contribution in [0, 0.1) is 6.92 Å². The maximum absolute atomic E-state index is 5.77. The highest BCUT2D eigenvalue weighted by Crippen LogP contribution is 2.25. The van der Waals surface area contributed by atoms with Gasteiger partial charge in [-0.15, -0.1) is 0 Å². The van der Waals surface area contributed by atoms with E-state index in [1.807, 2.05) is 50.2 Å². The number of pyridine rings is 1. The lowest BCUT2D eigenvalue weighted by molar-refractivity contribution is 0.270. The van der Waals surface area contributed by atoms with Crippen LogP contribution in [0.25, 0.3) is 0 Å². The molecule has 2 aromatic rings. The molecule has 5 nitrogen and oxygen atoms in total. The quantitative estimate of drug-likeness (QED) is 0.793. The summed E-state index contributed by atoms with van der Waals surface area (Å²) in [6.45, 7) is 4.46. The molecule has 1 unspecified atom stereocenters. The second kappa shape index (κ2) is 8.33. The third-order valence-corrected chi connectivity index (χ3v) is 3.31. The first-order valence-corrected chi connectivity index (χ1v) is 7.75. The summed E-state index contributed by atoms with van der Waals surface area (Å²) >= 11 is 5.29. The van der Waals surface area contributed by atoms with Gasteiger partial charge < -0.3 is 20.1 Å². The predicted octanol–water partition coefficient (Wildman–Crippen LogP) is 3.15. The lowest BCUT2D eigenvalue weighted by Gasteiger charge is -2.18. The van der Waals surface area contributed by atoms with Crippen LogP contribution in [0.1, 0.15) is 12.5 Å². The Morgan fingerprint density at radius 1 is 1.26 bits per heavy atom. The SMILES string of the molecule is COc1ccccc1OCC(C)NC(=S)Nc1cc(C)ccn1. The summed E-state index contributed by atoms with van der Waals surface area (Å²) in [7, 11) is 1.62. The minimum Gasteiger partial charge on any atom is -0.493 e. The third-order valence-electron chi connectivity index (χ3n) is 3.09. The summed E-state index contributed by atoms with van der Waals surface area (Å²) in [5, 5.41) is 6.75. The number of rotatable bonds is 6. The Morgan fingerprint density at radius 2 is 2.00 bits per heavy atom. The van der Waals surface area contributed by atoms with Crippen LogP contribution >= 0.6 is 12.2 Å². The number of nitrogens with one attached hydrogen (secondary N) is 2. The number of para-hydroxylation sites is 2. The van der Waals surface area contributed by atoms with Crippen molar-refractivity contribution < 1.29 is 9.47 Å². The molecule has 0 fully saturated rings. The largest absolute Gasteiger partial charge is 0.493 e. The number of thiocarbonyl (C=S) groups is 1. The van der Waals surface area contributed by atoms with Gasteiger partial charge in [0.25, 0.3) is 0 Å². The molecule has 0 radical (unpaired) electrons. The first kappa shape index (κ1) is 17.0. The van der Waals surface area contributed by atoms with E-state index in [1.54, 1.807) is 13.3 Å². The fraction of sp³-hybridized carbons (Fsp3) is 0.294. The molecular weight excluding hydrogens is 310 g/mol. The van der Waals surface area contributed by atoms with Crippen LogP contribution in [0.4, 0.5) is 5.82 Å². The van der Waals surface area contributed by atoms with Crippen LogP contribution in [0.5, 0.6) is 11.5 Å². The molecule has 0 spiro atoms. The molecular formula is C17H21N3O2S. The zero-order valence-corrected chi connectivity index (χ0v) is 14.3. The van der Waals surface area contributed by atoms with E-state index >= 15 is 0 Å². The summed E-state index contributed by atoms with van der Waals surface area (Å²) in [4.78, 5) is 4.22. The van der Waals surface area contributed by atoms with Gasteiger partial charge in [-0.05, 0) is 55.9 Å². The molecule has 0 aliphatic heterocycles. The van der Waals surface area contributed by atoms with Crippen LogP contribution in [0.3, 0.4) is 0 Å². The molecule has 0 saturated carbocycles. The third kappa shape index (κ3) is 5.41. The summed E-state index contributed by atoms with van der Waals surface area (Å²) in [6, 6.07) is 11.5. The Labute approximate surface area is 142 Å². The molecule has 122 valence electrons. The lowest BCUT2D eigenvalue weighted by atomic mass is 10.3. The normalized spacial score (nSPS) is 11.4. The predicted molar refractivity (Wildman–Crippen MR) is 96.3 cm³/mol. The van der Waals surface area contributed by atoms with E-state index in [4.69, 9.17) is 21.7 Å². The maximum atomic E-state index is 5.77. The van der Waals surface area contributed by atoms with E-state index in [0.29, 0.717) is 23.2 Å². The van der Waals surface area contributed by atoms with E-state index in [-0.39, 0.29) is 6.04 Å². The highest BCUT2D eigenvalue weighted by Gasteiger charge is 2.08. The fourth-order valence-corrected chi connectivity index (χ4v) is 2.28. The molecule has 0 aliphatic carbocycles. The average molecular weight is 331 g/mol. The zero-order chi connectivity index (χ0) is 16.7. The second-order valence-corrected chi connectivity index (χ2v) is 5.59. The minimum absolute atomic E-state index is 0.0321. The van der Waals surface area contributed by atoms with E-state index in [2.05, 4.69) is 15.6 Å². The van der Waals surface area contributed by atoms with Gasteiger partial charge in [-0.25, -0.2) is 4.98 Å². The van der Waals surface area contributed by atoms with Crippen molar-refractivity contribution in [3.63, 3.8) is 0 Å². The van der Waals surface area contributed by atoms with Crippen LogP contribution in [0.2, 0.25) is 0 Å². The Balaban J connectivity index is 1.82. The average Bonchev–Trinajstić information content (AvgIpc) is 2.53. The molecule has 1 aromatic carbocycles. The van der Waals surface area contributed by atoms with Gasteiger partial charge in [-0.1, -0.05) is 12.1 Å². The number of nitrogens with zero attached hydrogens (tertiary/aromatic N) is 1. The summed E-state index contributed by atoms with van der Waals surface area (Å²) in [6.07, 6.45) is 1.74. The van der Waals surface area contributed by atoms with Crippen molar-refractivity contribution in [3.05, 3.63) is 48.2 Å². The van der Waals surface area contributed by atoms with Crippen molar-refractivity contribution >= 4 is 23.1 Å². The van der Waals surface area contributed by atoms with Crippen molar-refractivity contribution in [2.24, 2.45) is 0 Å². The summed E-state index contributed by atoms with van der Waals surface area (Å²) in [5.41, 5.74) is 1.12. The Morgan fingerprint density at radius 3 is 2.70 bits per heavy atom. The number of methoxy groups -OCH3 is 1. The number of hydrogen-bond acceptors (Lipinski definition) is 4. The lowest BCUT2D eigenvalue weighted by Crippen LogP contribution is -2.39. The van der Waals surface area contributed by atoms with Gasteiger partial charge >= 0.3 is 0 Å². The van der Waals surface area contributed by atoms with E-state index in [9.17, 15) is 0 Å². The van der Waals surface area contributed by atoms with Gasteiger partial charge in [-0.3, -0.25) is 0 Å². The van der Waals surface area contributed by atoms with E-state index < -0.39 is 0 Å². The highest BCUT2D eigenvalue weighted by molar-refractivity contribution is 7.80. The Kier molecular flexibility index (Phi) is 6.17. The Hall–Kier alpha value is -2.34. The van der Waals surface area contributed by atoms with Gasteiger partial charge in [0.1, 0.15) is 12.4 Å². The summed E-state index contributed by atoms with van der Waals surface area (Å²) in [5.74, 6) is 2.15. The van der Waals surface area contributed by atoms with Gasteiger partial charge in [0.2, 0.25) is 0 Å². The van der Waals surface area contributed by atoms with Crippen LogP contribution in [0.15, 0.2) is 42.6 Å². The number of anilines is 1. The van der Waals surface area contributed by atoms with Gasteiger partial charge in [0, 0.05) is 6.20 Å². The van der Waals surface area contributed by atoms with E-state index in [1.165, 1.54) is 0 Å². The molecule has 1 atom stereocenters. The number of benzene rings is 1. The number of ether oxygens (including phenoxy) is 2. The molecule has 2 rings (SSSR count). The second-order valence-electron chi connectivity index (χ2n) is 5.18. The molecule has 23 heavy (non-hydrogen) atoms. The molecule has 2 N–H and O–H groups in total. The van der Waals surface area contributed by atoms with Crippen LogP contribution in [-0.4, -0.2) is 29.9 Å². The molecule has 0 bridgehead atoms. The number of aryl methyl sites for hydroxylation is 1. The first-order valence-electron chi connectivity index (χ1n) is 7.34. The minimum atomic E-state index is 0.0321. The van der Waals surface area contributed by atoms with Crippen molar-refractivity contribution in [1.82, 2.24) is 10.3 Å². The van der Waals surface area contributed by atoms with Gasteiger partial charge in [0.15, 0.2) is 16.6 Å². The molecule has 1 heterocycles. The van der Waals surface area contributed by atoms with Crippen LogP contribution < -0.4 is 20.1 Å². The van der Waals surface area contributed by atoms with Crippen LogP contribution in [-0.2, 0) is 0 Å². The van der Waals surface area contributed by atoms with Crippen molar-refractivity contribution in [1.29, 1.82) is 0 Å². The fourth-order valence-electron chi connectivity index (χ4n) is 1.98. The maximum Gasteiger partial charge on any atom is 0.172 e. The first-order chi connectivity index (χ1) is 11.1. The van der Waals surface area contributed by atoms with Crippen molar-refractivity contribution in [3.8, 4) is 11.5 Å². The smallest absolute Gasteiger partial charge is 0.172 e.